The van der Waals surface area contributed by atoms with E-state index in [4.69, 9.17) is 4.74 Å². The van der Waals surface area contributed by atoms with Crippen LogP contribution in [0.1, 0.15) is 11.1 Å². The van der Waals surface area contributed by atoms with Crippen molar-refractivity contribution >= 4 is 27.7 Å². The van der Waals surface area contributed by atoms with Crippen molar-refractivity contribution in [2.45, 2.75) is 11.5 Å². The molecule has 0 bridgehead atoms. The maximum absolute atomic E-state index is 9.21. The Balaban J connectivity index is 2.16. The predicted octanol–water partition coefficient (Wildman–Crippen LogP) is 4.62. The Hall–Kier alpha value is -1.44. The van der Waals surface area contributed by atoms with E-state index in [2.05, 4.69) is 22.0 Å². The lowest BCUT2D eigenvalue weighted by Crippen LogP contribution is -1.98. The molecule has 2 nitrogen and oxygen atoms in total. The Kier molecular flexibility index (Phi) is 4.89. The Morgan fingerprint density at radius 1 is 1.21 bits per heavy atom. The van der Waals surface area contributed by atoms with Gasteiger partial charge in [-0.3, -0.25) is 0 Å². The summed E-state index contributed by atoms with van der Waals surface area (Å²) in [4.78, 5) is 0.941. The molecule has 0 aromatic heterocycles. The van der Waals surface area contributed by atoms with Crippen LogP contribution in [0.15, 0.2) is 51.8 Å². The van der Waals surface area contributed by atoms with Gasteiger partial charge in [-0.25, -0.2) is 0 Å². The Bertz CT molecular complexity index is 605. The molecule has 0 aliphatic rings. The van der Waals surface area contributed by atoms with Gasteiger partial charge in [0.05, 0.1) is 0 Å². The van der Waals surface area contributed by atoms with Gasteiger partial charge in [-0.15, -0.1) is 11.8 Å². The molecule has 19 heavy (non-hydrogen) atoms. The van der Waals surface area contributed by atoms with Crippen LogP contribution in [0.5, 0.6) is 5.75 Å². The summed E-state index contributed by atoms with van der Waals surface area (Å²) in [6.45, 7) is 0.458. The number of nitrogens with zero attached hydrogens (tertiary/aromatic N) is 1. The molecule has 0 atom stereocenters. The molecule has 0 N–H and O–H groups in total. The number of thioether (sulfide) groups is 1. The zero-order valence-electron chi connectivity index (χ0n) is 10.4. The van der Waals surface area contributed by atoms with Gasteiger partial charge in [0.1, 0.15) is 24.0 Å². The molecular weight excluding hydrogens is 322 g/mol. The van der Waals surface area contributed by atoms with Gasteiger partial charge in [0.25, 0.3) is 0 Å². The number of nitriles is 1. The van der Waals surface area contributed by atoms with Crippen molar-refractivity contribution in [3.8, 4) is 11.8 Å². The number of hydrogen-bond donors (Lipinski definition) is 0. The van der Waals surface area contributed by atoms with E-state index in [1.807, 2.05) is 48.7 Å². The Labute approximate surface area is 125 Å². The minimum atomic E-state index is 0.458. The second kappa shape index (κ2) is 6.65. The Morgan fingerprint density at radius 3 is 2.58 bits per heavy atom. The molecule has 0 radical (unpaired) electrons. The molecule has 0 spiro atoms. The van der Waals surface area contributed by atoms with E-state index >= 15 is 0 Å². The van der Waals surface area contributed by atoms with E-state index in [0.29, 0.717) is 17.9 Å². The van der Waals surface area contributed by atoms with Crippen LogP contribution in [0.2, 0.25) is 0 Å². The fraction of sp³-hybridized carbons (Fsp3) is 0.133. The fourth-order valence-corrected chi connectivity index (χ4v) is 2.48. The minimum Gasteiger partial charge on any atom is -0.487 e. The molecule has 2 rings (SSSR count). The first-order valence-electron chi connectivity index (χ1n) is 5.69. The molecule has 2 aromatic carbocycles. The van der Waals surface area contributed by atoms with Crippen LogP contribution in [-0.4, -0.2) is 6.26 Å². The maximum Gasteiger partial charge on any atom is 0.138 e. The smallest absolute Gasteiger partial charge is 0.138 e. The van der Waals surface area contributed by atoms with Gasteiger partial charge in [-0.2, -0.15) is 5.26 Å². The largest absolute Gasteiger partial charge is 0.487 e. The van der Waals surface area contributed by atoms with Crippen molar-refractivity contribution in [2.24, 2.45) is 0 Å². The lowest BCUT2D eigenvalue weighted by molar-refractivity contribution is 0.304. The number of halogens is 1. The highest BCUT2D eigenvalue weighted by atomic mass is 79.9. The average molecular weight is 334 g/mol. The van der Waals surface area contributed by atoms with E-state index in [1.54, 1.807) is 11.8 Å². The SMILES string of the molecule is CSc1cccc(OCc2ccc(Br)cc2)c1C#N. The van der Waals surface area contributed by atoms with Gasteiger partial charge in [-0.05, 0) is 36.1 Å². The van der Waals surface area contributed by atoms with Crippen molar-refractivity contribution in [2.75, 3.05) is 6.26 Å². The van der Waals surface area contributed by atoms with Crippen molar-refractivity contribution in [3.05, 3.63) is 58.1 Å². The van der Waals surface area contributed by atoms with Gasteiger partial charge >= 0.3 is 0 Å². The van der Waals surface area contributed by atoms with Crippen molar-refractivity contribution < 1.29 is 4.74 Å². The number of hydrogen-bond acceptors (Lipinski definition) is 3. The summed E-state index contributed by atoms with van der Waals surface area (Å²) in [5, 5.41) is 9.21. The third-order valence-electron chi connectivity index (χ3n) is 2.63. The first-order chi connectivity index (χ1) is 9.24. The van der Waals surface area contributed by atoms with E-state index in [0.717, 1.165) is 14.9 Å². The number of ether oxygens (including phenoxy) is 1. The van der Waals surface area contributed by atoms with E-state index in [9.17, 15) is 5.26 Å². The molecule has 0 amide bonds. The molecule has 96 valence electrons. The van der Waals surface area contributed by atoms with Crippen molar-refractivity contribution in [1.29, 1.82) is 5.26 Å². The van der Waals surface area contributed by atoms with Gasteiger partial charge < -0.3 is 4.74 Å². The van der Waals surface area contributed by atoms with Crippen molar-refractivity contribution in [1.82, 2.24) is 0 Å². The first kappa shape index (κ1) is 14.0. The molecule has 0 saturated carbocycles. The van der Waals surface area contributed by atoms with Crippen molar-refractivity contribution in [3.63, 3.8) is 0 Å². The van der Waals surface area contributed by atoms with Crippen LogP contribution in [-0.2, 0) is 6.61 Å². The monoisotopic (exact) mass is 333 g/mol. The lowest BCUT2D eigenvalue weighted by atomic mass is 10.2. The molecule has 0 saturated heterocycles. The molecule has 0 aliphatic heterocycles. The zero-order chi connectivity index (χ0) is 13.7. The van der Waals surface area contributed by atoms with Gasteiger partial charge in [0.2, 0.25) is 0 Å². The predicted molar refractivity (Wildman–Crippen MR) is 81.4 cm³/mol. The molecule has 0 aliphatic carbocycles. The number of rotatable bonds is 4. The summed E-state index contributed by atoms with van der Waals surface area (Å²) >= 11 is 4.95. The molecule has 0 fully saturated rings. The summed E-state index contributed by atoms with van der Waals surface area (Å²) in [6.07, 6.45) is 1.95. The summed E-state index contributed by atoms with van der Waals surface area (Å²) in [7, 11) is 0. The summed E-state index contributed by atoms with van der Waals surface area (Å²) in [5.74, 6) is 0.636. The molecule has 0 heterocycles. The normalized spacial score (nSPS) is 9.95. The third-order valence-corrected chi connectivity index (χ3v) is 3.94. The quantitative estimate of drug-likeness (QED) is 0.765. The molecular formula is C15H12BrNOS. The topological polar surface area (TPSA) is 33.0 Å². The average Bonchev–Trinajstić information content (AvgIpc) is 2.46. The molecule has 4 heteroatoms. The van der Waals surface area contributed by atoms with E-state index < -0.39 is 0 Å². The fourth-order valence-electron chi connectivity index (χ4n) is 1.65. The third kappa shape index (κ3) is 3.52. The standard InChI is InChI=1S/C15H12BrNOS/c1-19-15-4-2-3-14(13(15)9-17)18-10-11-5-7-12(16)8-6-11/h2-8H,10H2,1H3. The second-order valence-corrected chi connectivity index (χ2v) is 5.62. The second-order valence-electron chi connectivity index (χ2n) is 3.86. The van der Waals surface area contributed by atoms with E-state index in [1.165, 1.54) is 0 Å². The minimum absolute atomic E-state index is 0.458. The Morgan fingerprint density at radius 2 is 1.95 bits per heavy atom. The van der Waals surface area contributed by atoms with Crippen LogP contribution in [0.25, 0.3) is 0 Å². The summed E-state index contributed by atoms with van der Waals surface area (Å²) < 4.78 is 6.79. The number of benzene rings is 2. The van der Waals surface area contributed by atoms with Crippen LogP contribution < -0.4 is 4.74 Å². The lowest BCUT2D eigenvalue weighted by Gasteiger charge is -2.10. The van der Waals surface area contributed by atoms with Gasteiger partial charge in [0.15, 0.2) is 0 Å². The first-order valence-corrected chi connectivity index (χ1v) is 7.70. The van der Waals surface area contributed by atoms with E-state index in [-0.39, 0.29) is 0 Å². The van der Waals surface area contributed by atoms with Crippen LogP contribution in [0.3, 0.4) is 0 Å². The van der Waals surface area contributed by atoms with Gasteiger partial charge in [0, 0.05) is 9.37 Å². The summed E-state index contributed by atoms with van der Waals surface area (Å²) in [5.41, 5.74) is 1.67. The zero-order valence-corrected chi connectivity index (χ0v) is 12.8. The highest BCUT2D eigenvalue weighted by Gasteiger charge is 2.08. The van der Waals surface area contributed by atoms with Crippen LogP contribution >= 0.6 is 27.7 Å². The molecule has 2 aromatic rings. The summed E-state index contributed by atoms with van der Waals surface area (Å²) in [6, 6.07) is 15.8. The van der Waals surface area contributed by atoms with Crippen LogP contribution in [0.4, 0.5) is 0 Å². The van der Waals surface area contributed by atoms with Gasteiger partial charge in [-0.1, -0.05) is 34.1 Å². The highest BCUT2D eigenvalue weighted by Crippen LogP contribution is 2.28. The maximum atomic E-state index is 9.21. The van der Waals surface area contributed by atoms with Crippen LogP contribution in [0, 0.1) is 11.3 Å². The molecule has 0 unspecified atom stereocenters. The highest BCUT2D eigenvalue weighted by molar-refractivity contribution is 9.10.